The standard InChI is InChI=1S/C44H29NO/c1-3-19-37-30(11-1)13-9-22-38(37)34-17-7-15-32(27-34)33-16-8-18-35(28-33)45(42-23-10-14-31-12-2-4-20-39(31)42)36-25-26-41-40-21-5-6-24-43(40)46-44(41)29-36/h1-29H. The van der Waals surface area contributed by atoms with Gasteiger partial charge in [-0.1, -0.05) is 127 Å². The summed E-state index contributed by atoms with van der Waals surface area (Å²) in [5.74, 6) is 0. The molecule has 2 heteroatoms. The lowest BCUT2D eigenvalue weighted by atomic mass is 9.95. The number of anilines is 3. The van der Waals surface area contributed by atoms with Gasteiger partial charge in [0.15, 0.2) is 0 Å². The molecule has 9 rings (SSSR count). The molecule has 1 heterocycles. The van der Waals surface area contributed by atoms with Crippen molar-refractivity contribution in [3.63, 3.8) is 0 Å². The Labute approximate surface area is 267 Å². The van der Waals surface area contributed by atoms with Crippen LogP contribution >= 0.6 is 0 Å². The van der Waals surface area contributed by atoms with Crippen molar-refractivity contribution in [3.8, 4) is 22.3 Å². The van der Waals surface area contributed by atoms with E-state index in [0.717, 1.165) is 44.6 Å². The maximum Gasteiger partial charge on any atom is 0.137 e. The summed E-state index contributed by atoms with van der Waals surface area (Å²) < 4.78 is 6.35. The van der Waals surface area contributed by atoms with Crippen LogP contribution in [-0.4, -0.2) is 0 Å². The van der Waals surface area contributed by atoms with Crippen molar-refractivity contribution in [2.75, 3.05) is 4.90 Å². The fourth-order valence-corrected chi connectivity index (χ4v) is 6.85. The van der Waals surface area contributed by atoms with E-state index < -0.39 is 0 Å². The predicted molar refractivity (Wildman–Crippen MR) is 194 cm³/mol. The van der Waals surface area contributed by atoms with Crippen LogP contribution in [0.5, 0.6) is 0 Å². The Bertz CT molecular complexity index is 2550. The highest BCUT2D eigenvalue weighted by Crippen LogP contribution is 2.42. The molecule has 0 aliphatic rings. The first-order valence-corrected chi connectivity index (χ1v) is 15.7. The number of furan rings is 1. The minimum Gasteiger partial charge on any atom is -0.456 e. The number of fused-ring (bicyclic) bond motifs is 5. The first kappa shape index (κ1) is 26.3. The highest BCUT2D eigenvalue weighted by atomic mass is 16.3. The summed E-state index contributed by atoms with van der Waals surface area (Å²) in [4.78, 5) is 2.35. The van der Waals surface area contributed by atoms with Crippen LogP contribution in [-0.2, 0) is 0 Å². The van der Waals surface area contributed by atoms with Crippen molar-refractivity contribution in [1.82, 2.24) is 0 Å². The molecule has 216 valence electrons. The van der Waals surface area contributed by atoms with Crippen LogP contribution in [0.15, 0.2) is 180 Å². The van der Waals surface area contributed by atoms with Gasteiger partial charge in [0.05, 0.1) is 5.69 Å². The van der Waals surface area contributed by atoms with Crippen LogP contribution in [0.3, 0.4) is 0 Å². The maximum atomic E-state index is 6.35. The average Bonchev–Trinajstić information content (AvgIpc) is 3.50. The third kappa shape index (κ3) is 4.43. The van der Waals surface area contributed by atoms with Gasteiger partial charge in [-0.3, -0.25) is 0 Å². The van der Waals surface area contributed by atoms with E-state index in [4.69, 9.17) is 4.42 Å². The van der Waals surface area contributed by atoms with Crippen LogP contribution in [0.1, 0.15) is 0 Å². The van der Waals surface area contributed by atoms with E-state index in [0.29, 0.717) is 0 Å². The summed E-state index contributed by atoms with van der Waals surface area (Å²) in [7, 11) is 0. The minimum atomic E-state index is 0.878. The van der Waals surface area contributed by atoms with E-state index in [9.17, 15) is 0 Å². The predicted octanol–water partition coefficient (Wildman–Crippen LogP) is 12.7. The lowest BCUT2D eigenvalue weighted by Gasteiger charge is -2.27. The van der Waals surface area contributed by atoms with Gasteiger partial charge in [0.25, 0.3) is 0 Å². The van der Waals surface area contributed by atoms with Gasteiger partial charge >= 0.3 is 0 Å². The second-order valence-corrected chi connectivity index (χ2v) is 11.8. The summed E-state index contributed by atoms with van der Waals surface area (Å²) in [6.07, 6.45) is 0. The van der Waals surface area contributed by atoms with Crippen molar-refractivity contribution in [1.29, 1.82) is 0 Å². The molecule has 0 aliphatic carbocycles. The quantitative estimate of drug-likeness (QED) is 0.199. The molecule has 8 aromatic carbocycles. The summed E-state index contributed by atoms with van der Waals surface area (Å²) >= 11 is 0. The normalized spacial score (nSPS) is 11.5. The Hall–Kier alpha value is -6.12. The minimum absolute atomic E-state index is 0.878. The van der Waals surface area contributed by atoms with E-state index >= 15 is 0 Å². The van der Waals surface area contributed by atoms with Crippen molar-refractivity contribution < 1.29 is 4.42 Å². The van der Waals surface area contributed by atoms with Gasteiger partial charge < -0.3 is 9.32 Å². The molecule has 0 spiro atoms. The number of nitrogens with zero attached hydrogens (tertiary/aromatic N) is 1. The van der Waals surface area contributed by atoms with Gasteiger partial charge in [0, 0.05) is 33.6 Å². The molecule has 0 bridgehead atoms. The van der Waals surface area contributed by atoms with Crippen LogP contribution in [0, 0.1) is 0 Å². The molecule has 9 aromatic rings. The van der Waals surface area contributed by atoms with Crippen LogP contribution in [0.4, 0.5) is 17.1 Å². The highest BCUT2D eigenvalue weighted by Gasteiger charge is 2.18. The van der Waals surface area contributed by atoms with Gasteiger partial charge in [-0.15, -0.1) is 0 Å². The number of benzene rings is 8. The molecule has 0 fully saturated rings. The lowest BCUT2D eigenvalue weighted by Crippen LogP contribution is -2.10. The van der Waals surface area contributed by atoms with E-state index in [1.54, 1.807) is 0 Å². The van der Waals surface area contributed by atoms with E-state index in [1.807, 2.05) is 12.1 Å². The third-order valence-electron chi connectivity index (χ3n) is 9.03. The van der Waals surface area contributed by atoms with Gasteiger partial charge in [-0.2, -0.15) is 0 Å². The summed E-state index contributed by atoms with van der Waals surface area (Å²) in [6, 6.07) is 62.8. The Balaban J connectivity index is 1.21. The van der Waals surface area contributed by atoms with E-state index in [1.165, 1.54) is 38.2 Å². The monoisotopic (exact) mass is 587 g/mol. The van der Waals surface area contributed by atoms with Crippen LogP contribution in [0.25, 0.3) is 65.7 Å². The van der Waals surface area contributed by atoms with Gasteiger partial charge in [-0.05, 0) is 80.9 Å². The average molecular weight is 588 g/mol. The first-order chi connectivity index (χ1) is 22.8. The number of hydrogen-bond donors (Lipinski definition) is 0. The number of rotatable bonds is 5. The van der Waals surface area contributed by atoms with E-state index in [-0.39, 0.29) is 0 Å². The number of hydrogen-bond acceptors (Lipinski definition) is 2. The van der Waals surface area contributed by atoms with Gasteiger partial charge in [-0.25, -0.2) is 0 Å². The van der Waals surface area contributed by atoms with Gasteiger partial charge in [0.1, 0.15) is 11.2 Å². The summed E-state index contributed by atoms with van der Waals surface area (Å²) in [5, 5.41) is 7.16. The molecule has 0 radical (unpaired) electrons. The molecule has 0 unspecified atom stereocenters. The van der Waals surface area contributed by atoms with Crippen molar-refractivity contribution in [2.24, 2.45) is 0 Å². The zero-order chi connectivity index (χ0) is 30.5. The molecular weight excluding hydrogens is 558 g/mol. The Kier molecular flexibility index (Phi) is 6.17. The second kappa shape index (κ2) is 10.8. The molecule has 0 N–H and O–H groups in total. The molecule has 0 aliphatic heterocycles. The molecule has 0 amide bonds. The zero-order valence-electron chi connectivity index (χ0n) is 25.1. The Morgan fingerprint density at radius 1 is 0.348 bits per heavy atom. The highest BCUT2D eigenvalue weighted by molar-refractivity contribution is 6.07. The summed E-state index contributed by atoms with van der Waals surface area (Å²) in [6.45, 7) is 0. The zero-order valence-corrected chi connectivity index (χ0v) is 25.1. The Morgan fingerprint density at radius 2 is 0.935 bits per heavy atom. The maximum absolute atomic E-state index is 6.35. The second-order valence-electron chi connectivity index (χ2n) is 11.8. The lowest BCUT2D eigenvalue weighted by molar-refractivity contribution is 0.669. The summed E-state index contributed by atoms with van der Waals surface area (Å²) in [5.41, 5.74) is 9.82. The van der Waals surface area contributed by atoms with Crippen LogP contribution < -0.4 is 4.90 Å². The van der Waals surface area contributed by atoms with Crippen LogP contribution in [0.2, 0.25) is 0 Å². The fourth-order valence-electron chi connectivity index (χ4n) is 6.85. The smallest absolute Gasteiger partial charge is 0.137 e. The van der Waals surface area contributed by atoms with Crippen molar-refractivity contribution in [3.05, 3.63) is 176 Å². The van der Waals surface area contributed by atoms with Gasteiger partial charge in [0.2, 0.25) is 0 Å². The van der Waals surface area contributed by atoms with Crippen molar-refractivity contribution in [2.45, 2.75) is 0 Å². The molecular formula is C44H29NO. The Morgan fingerprint density at radius 3 is 1.80 bits per heavy atom. The molecule has 0 atom stereocenters. The SMILES string of the molecule is c1cc(-c2cccc(N(c3ccc4c(c3)oc3ccccc34)c3cccc4ccccc34)c2)cc(-c2cccc3ccccc23)c1. The molecule has 1 aromatic heterocycles. The van der Waals surface area contributed by atoms with E-state index in [2.05, 4.69) is 169 Å². The molecule has 2 nitrogen and oxygen atoms in total. The molecule has 46 heavy (non-hydrogen) atoms. The largest absolute Gasteiger partial charge is 0.456 e. The first-order valence-electron chi connectivity index (χ1n) is 15.7. The molecule has 0 saturated heterocycles. The topological polar surface area (TPSA) is 16.4 Å². The number of para-hydroxylation sites is 1. The third-order valence-corrected chi connectivity index (χ3v) is 9.03. The van der Waals surface area contributed by atoms with Crippen molar-refractivity contribution >= 4 is 60.5 Å². The fraction of sp³-hybridized carbons (Fsp3) is 0. The molecule has 0 saturated carbocycles.